The highest BCUT2D eigenvalue weighted by molar-refractivity contribution is 7.09. The monoisotopic (exact) mass is 315 g/mol. The van der Waals surface area contributed by atoms with Crippen molar-refractivity contribution in [2.45, 2.75) is 13.3 Å². The van der Waals surface area contributed by atoms with E-state index in [2.05, 4.69) is 15.3 Å². The Balaban J connectivity index is 1.90. The van der Waals surface area contributed by atoms with Crippen molar-refractivity contribution < 1.29 is 4.79 Å². The van der Waals surface area contributed by atoms with Crippen LogP contribution < -0.4 is 5.32 Å². The third kappa shape index (κ3) is 4.16. The van der Waals surface area contributed by atoms with E-state index in [-0.39, 0.29) is 16.2 Å². The molecule has 0 aliphatic carbocycles. The molecule has 2 rings (SSSR count). The van der Waals surface area contributed by atoms with Crippen molar-refractivity contribution >= 4 is 40.4 Å². The zero-order chi connectivity index (χ0) is 13.8. The average Bonchev–Trinajstić information content (AvgIpc) is 2.73. The van der Waals surface area contributed by atoms with Gasteiger partial charge in [0.15, 0.2) is 0 Å². The second-order valence-electron chi connectivity index (χ2n) is 3.89. The van der Waals surface area contributed by atoms with Crippen LogP contribution in [-0.4, -0.2) is 22.4 Å². The molecule has 2 heterocycles. The van der Waals surface area contributed by atoms with E-state index in [1.54, 1.807) is 11.3 Å². The molecule has 0 saturated heterocycles. The molecule has 19 heavy (non-hydrogen) atoms. The number of carbonyl (C=O) groups is 1. The Morgan fingerprint density at radius 2 is 2.00 bits per heavy atom. The number of carbonyl (C=O) groups excluding carboxylic acids is 1. The van der Waals surface area contributed by atoms with Gasteiger partial charge in [0.2, 0.25) is 0 Å². The Labute approximate surface area is 124 Å². The minimum atomic E-state index is -0.223. The summed E-state index contributed by atoms with van der Waals surface area (Å²) in [6.45, 7) is 2.46. The Bertz CT molecular complexity index is 580. The van der Waals surface area contributed by atoms with E-state index < -0.39 is 0 Å². The van der Waals surface area contributed by atoms with Gasteiger partial charge in [-0.1, -0.05) is 23.2 Å². The lowest BCUT2D eigenvalue weighted by molar-refractivity contribution is 0.0954. The van der Waals surface area contributed by atoms with Gasteiger partial charge >= 0.3 is 0 Å². The summed E-state index contributed by atoms with van der Waals surface area (Å²) in [6.07, 6.45) is 0.705. The summed E-state index contributed by atoms with van der Waals surface area (Å²) in [5.41, 5.74) is 1.40. The molecule has 0 radical (unpaired) electrons. The lowest BCUT2D eigenvalue weighted by atomic mass is 10.2. The lowest BCUT2D eigenvalue weighted by Crippen LogP contribution is -2.25. The largest absolute Gasteiger partial charge is 0.352 e. The summed E-state index contributed by atoms with van der Waals surface area (Å²) in [6, 6.07) is 2.96. The fourth-order valence-corrected chi connectivity index (χ4v) is 2.73. The molecule has 0 spiro atoms. The summed E-state index contributed by atoms with van der Waals surface area (Å²) in [4.78, 5) is 20.0. The molecule has 0 aliphatic heterocycles. The first kappa shape index (κ1) is 14.2. The van der Waals surface area contributed by atoms with Crippen LogP contribution in [0.5, 0.6) is 0 Å². The summed E-state index contributed by atoms with van der Waals surface area (Å²) in [7, 11) is 0. The van der Waals surface area contributed by atoms with E-state index in [1.807, 2.05) is 12.3 Å². The minimum Gasteiger partial charge on any atom is -0.352 e. The molecule has 1 amide bonds. The van der Waals surface area contributed by atoms with Crippen molar-refractivity contribution in [1.82, 2.24) is 15.3 Å². The molecular formula is C12H11Cl2N3OS. The molecule has 2 aromatic heterocycles. The first-order valence-corrected chi connectivity index (χ1v) is 7.20. The molecular weight excluding hydrogens is 305 g/mol. The van der Waals surface area contributed by atoms with Crippen molar-refractivity contribution in [3.8, 4) is 0 Å². The molecule has 0 atom stereocenters. The number of aryl methyl sites for hydroxylation is 1. The normalized spacial score (nSPS) is 10.5. The second-order valence-corrected chi connectivity index (χ2v) is 5.61. The van der Waals surface area contributed by atoms with E-state index in [0.29, 0.717) is 18.5 Å². The predicted octanol–water partition coefficient (Wildman–Crippen LogP) is 3.13. The van der Waals surface area contributed by atoms with Crippen molar-refractivity contribution in [2.24, 2.45) is 0 Å². The van der Waals surface area contributed by atoms with Crippen LogP contribution in [0, 0.1) is 6.92 Å². The topological polar surface area (TPSA) is 54.9 Å². The van der Waals surface area contributed by atoms with Gasteiger partial charge in [-0.15, -0.1) is 11.3 Å². The summed E-state index contributed by atoms with van der Waals surface area (Å²) >= 11 is 13.1. The molecule has 7 heteroatoms. The van der Waals surface area contributed by atoms with Gasteiger partial charge in [0.25, 0.3) is 5.91 Å². The number of thiazole rings is 1. The SMILES string of the molecule is Cc1csc(CCNC(=O)c2cc(Cl)nc(Cl)c2)n1. The summed E-state index contributed by atoms with van der Waals surface area (Å²) < 4.78 is 0. The molecule has 100 valence electrons. The fourth-order valence-electron chi connectivity index (χ4n) is 1.50. The average molecular weight is 316 g/mol. The zero-order valence-corrected chi connectivity index (χ0v) is 12.4. The maximum absolute atomic E-state index is 11.9. The van der Waals surface area contributed by atoms with Crippen LogP contribution in [0.4, 0.5) is 0 Å². The number of nitrogens with one attached hydrogen (secondary N) is 1. The molecule has 0 bridgehead atoms. The Morgan fingerprint density at radius 1 is 1.32 bits per heavy atom. The second kappa shape index (κ2) is 6.32. The predicted molar refractivity (Wildman–Crippen MR) is 77.1 cm³/mol. The van der Waals surface area contributed by atoms with Gasteiger partial charge in [0.1, 0.15) is 10.3 Å². The number of aromatic nitrogens is 2. The van der Waals surface area contributed by atoms with Crippen LogP contribution in [-0.2, 0) is 6.42 Å². The number of pyridine rings is 1. The van der Waals surface area contributed by atoms with Crippen molar-refractivity contribution in [2.75, 3.05) is 6.54 Å². The standard InChI is InChI=1S/C12H11Cl2N3OS/c1-7-6-19-11(16-7)2-3-15-12(18)8-4-9(13)17-10(14)5-8/h4-6H,2-3H2,1H3,(H,15,18). The lowest BCUT2D eigenvalue weighted by Gasteiger charge is -2.04. The Morgan fingerprint density at radius 3 is 2.58 bits per heavy atom. The number of nitrogens with zero attached hydrogens (tertiary/aromatic N) is 2. The molecule has 0 unspecified atom stereocenters. The van der Waals surface area contributed by atoms with E-state index in [4.69, 9.17) is 23.2 Å². The van der Waals surface area contributed by atoms with E-state index >= 15 is 0 Å². The minimum absolute atomic E-state index is 0.202. The maximum Gasteiger partial charge on any atom is 0.251 e. The van der Waals surface area contributed by atoms with E-state index in [9.17, 15) is 4.79 Å². The third-order valence-electron chi connectivity index (χ3n) is 2.32. The Kier molecular flexibility index (Phi) is 4.74. The molecule has 0 saturated carbocycles. The Hall–Kier alpha value is -1.17. The molecule has 4 nitrogen and oxygen atoms in total. The fraction of sp³-hybridized carbons (Fsp3) is 0.250. The molecule has 0 aliphatic rings. The van der Waals surface area contributed by atoms with Crippen LogP contribution in [0.1, 0.15) is 21.1 Å². The highest BCUT2D eigenvalue weighted by Crippen LogP contribution is 2.14. The van der Waals surface area contributed by atoms with Crippen molar-refractivity contribution in [3.05, 3.63) is 44.1 Å². The van der Waals surface area contributed by atoms with Crippen LogP contribution in [0.2, 0.25) is 10.3 Å². The van der Waals surface area contributed by atoms with Crippen LogP contribution in [0.15, 0.2) is 17.5 Å². The van der Waals surface area contributed by atoms with Gasteiger partial charge < -0.3 is 5.32 Å². The number of amides is 1. The van der Waals surface area contributed by atoms with Crippen molar-refractivity contribution in [1.29, 1.82) is 0 Å². The van der Waals surface area contributed by atoms with Gasteiger partial charge in [-0.25, -0.2) is 9.97 Å². The van der Waals surface area contributed by atoms with Crippen molar-refractivity contribution in [3.63, 3.8) is 0 Å². The van der Waals surface area contributed by atoms with Gasteiger partial charge in [0, 0.05) is 29.6 Å². The van der Waals surface area contributed by atoms with E-state index in [0.717, 1.165) is 10.7 Å². The summed E-state index contributed by atoms with van der Waals surface area (Å²) in [5, 5.41) is 6.19. The molecule has 2 aromatic rings. The highest BCUT2D eigenvalue weighted by atomic mass is 35.5. The van der Waals surface area contributed by atoms with Gasteiger partial charge in [0.05, 0.1) is 5.01 Å². The highest BCUT2D eigenvalue weighted by Gasteiger charge is 2.08. The van der Waals surface area contributed by atoms with Gasteiger partial charge in [-0.05, 0) is 19.1 Å². The van der Waals surface area contributed by atoms with Gasteiger partial charge in [-0.3, -0.25) is 4.79 Å². The third-order valence-corrected chi connectivity index (χ3v) is 3.73. The number of halogens is 2. The molecule has 0 fully saturated rings. The maximum atomic E-state index is 11.9. The van der Waals surface area contributed by atoms with Crippen LogP contribution in [0.25, 0.3) is 0 Å². The first-order chi connectivity index (χ1) is 9.04. The van der Waals surface area contributed by atoms with Gasteiger partial charge in [-0.2, -0.15) is 0 Å². The molecule has 0 aromatic carbocycles. The van der Waals surface area contributed by atoms with Crippen LogP contribution in [0.3, 0.4) is 0 Å². The summed E-state index contributed by atoms with van der Waals surface area (Å²) in [5.74, 6) is -0.223. The molecule has 1 N–H and O–H groups in total. The number of rotatable bonds is 4. The van der Waals surface area contributed by atoms with Crippen LogP contribution >= 0.6 is 34.5 Å². The zero-order valence-electron chi connectivity index (χ0n) is 10.1. The van der Waals surface area contributed by atoms with E-state index in [1.165, 1.54) is 12.1 Å². The smallest absolute Gasteiger partial charge is 0.251 e. The number of hydrogen-bond donors (Lipinski definition) is 1. The first-order valence-electron chi connectivity index (χ1n) is 5.57. The number of hydrogen-bond acceptors (Lipinski definition) is 4. The quantitative estimate of drug-likeness (QED) is 0.882.